The molecule has 1 aliphatic rings. The second-order valence-electron chi connectivity index (χ2n) is 10.3. The maximum absolute atomic E-state index is 14.2. The Balaban J connectivity index is 1.73. The molecule has 0 aliphatic heterocycles. The number of para-hydroxylation sites is 2. The molecule has 3 aromatic carbocycles. The maximum Gasteiger partial charge on any atom is 0.264 e. The molecule has 12 heteroatoms. The summed E-state index contributed by atoms with van der Waals surface area (Å²) < 4.78 is 39.8. The largest absolute Gasteiger partial charge is 0.497 e. The van der Waals surface area contributed by atoms with Gasteiger partial charge in [-0.2, -0.15) is 0 Å². The monoisotopic (exact) mass is 647 g/mol. The molecule has 1 fully saturated rings. The first-order chi connectivity index (χ1) is 20.5. The van der Waals surface area contributed by atoms with Crippen LogP contribution in [-0.2, 0) is 26.2 Å². The third kappa shape index (κ3) is 7.74. The number of rotatable bonds is 12. The minimum atomic E-state index is -4.29. The highest BCUT2D eigenvalue weighted by Gasteiger charge is 2.34. The Bertz CT molecular complexity index is 1550. The first kappa shape index (κ1) is 32.4. The summed E-state index contributed by atoms with van der Waals surface area (Å²) in [5.74, 6) is -0.200. The van der Waals surface area contributed by atoms with E-state index in [0.717, 1.165) is 30.0 Å². The Hall–Kier alpha value is -3.47. The lowest BCUT2D eigenvalue weighted by Gasteiger charge is -2.33. The molecule has 0 saturated heterocycles. The molecule has 0 heterocycles. The van der Waals surface area contributed by atoms with Crippen molar-refractivity contribution in [1.29, 1.82) is 0 Å². The Labute approximate surface area is 262 Å². The first-order valence-electron chi connectivity index (χ1n) is 13.9. The lowest BCUT2D eigenvalue weighted by Crippen LogP contribution is -2.52. The third-order valence-electron chi connectivity index (χ3n) is 7.50. The van der Waals surface area contributed by atoms with Gasteiger partial charge in [-0.25, -0.2) is 8.42 Å². The molecule has 43 heavy (non-hydrogen) atoms. The summed E-state index contributed by atoms with van der Waals surface area (Å²) in [6.07, 6.45) is 3.80. The van der Waals surface area contributed by atoms with E-state index in [1.165, 1.54) is 43.4 Å². The topological polar surface area (TPSA) is 105 Å². The van der Waals surface area contributed by atoms with Crippen molar-refractivity contribution in [1.82, 2.24) is 10.2 Å². The lowest BCUT2D eigenvalue weighted by molar-refractivity contribution is -0.139. The molecule has 0 unspecified atom stereocenters. The van der Waals surface area contributed by atoms with Gasteiger partial charge < -0.3 is 19.7 Å². The van der Waals surface area contributed by atoms with E-state index >= 15 is 0 Å². The van der Waals surface area contributed by atoms with Gasteiger partial charge >= 0.3 is 0 Å². The fourth-order valence-electron chi connectivity index (χ4n) is 5.03. The minimum absolute atomic E-state index is 0.0338. The van der Waals surface area contributed by atoms with Crippen molar-refractivity contribution in [3.63, 3.8) is 0 Å². The molecule has 1 aliphatic carbocycles. The van der Waals surface area contributed by atoms with Crippen LogP contribution in [0, 0.1) is 0 Å². The van der Waals surface area contributed by atoms with Crippen molar-refractivity contribution >= 4 is 50.7 Å². The average molecular weight is 649 g/mol. The molecule has 0 bridgehead atoms. The zero-order chi connectivity index (χ0) is 31.1. The number of benzene rings is 3. The molecular weight excluding hydrogens is 613 g/mol. The van der Waals surface area contributed by atoms with Crippen molar-refractivity contribution < 1.29 is 27.5 Å². The number of ether oxygens (including phenoxy) is 2. The quantitative estimate of drug-likeness (QED) is 0.271. The number of sulfonamides is 1. The molecule has 0 spiro atoms. The Morgan fingerprint density at radius 2 is 1.65 bits per heavy atom. The average Bonchev–Trinajstić information content (AvgIpc) is 3.52. The number of halogens is 2. The van der Waals surface area contributed by atoms with Gasteiger partial charge in [-0.1, -0.05) is 54.2 Å². The fraction of sp³-hybridized carbons (Fsp3) is 0.355. The number of methoxy groups -OCH3 is 2. The van der Waals surface area contributed by atoms with Crippen LogP contribution in [0.1, 0.15) is 38.2 Å². The van der Waals surface area contributed by atoms with E-state index in [1.54, 1.807) is 49.4 Å². The van der Waals surface area contributed by atoms with Gasteiger partial charge in [0.1, 0.15) is 24.1 Å². The SMILES string of the molecule is COc1ccc(S(=O)(=O)N(CC(=O)N(Cc2ccc(Cl)cc2Cl)[C@H](C)C(=O)NC2CCCC2)c2ccccc2OC)cc1. The third-order valence-corrected chi connectivity index (χ3v) is 9.87. The van der Waals surface area contributed by atoms with Crippen LogP contribution in [-0.4, -0.2) is 58.0 Å². The van der Waals surface area contributed by atoms with Crippen molar-refractivity contribution in [3.8, 4) is 11.5 Å². The van der Waals surface area contributed by atoms with E-state index in [9.17, 15) is 18.0 Å². The maximum atomic E-state index is 14.2. The van der Waals surface area contributed by atoms with Crippen molar-refractivity contribution in [3.05, 3.63) is 82.3 Å². The number of anilines is 1. The number of carbonyl (C=O) groups excluding carboxylic acids is 2. The molecule has 4 rings (SSSR count). The van der Waals surface area contributed by atoms with Gasteiger partial charge in [0.15, 0.2) is 0 Å². The number of nitrogens with one attached hydrogen (secondary N) is 1. The molecule has 0 radical (unpaired) electrons. The zero-order valence-electron chi connectivity index (χ0n) is 24.3. The van der Waals surface area contributed by atoms with E-state index in [2.05, 4.69) is 5.32 Å². The number of carbonyl (C=O) groups is 2. The highest BCUT2D eigenvalue weighted by molar-refractivity contribution is 7.92. The van der Waals surface area contributed by atoms with Crippen LogP contribution in [0.4, 0.5) is 5.69 Å². The van der Waals surface area contributed by atoms with Crippen LogP contribution < -0.4 is 19.1 Å². The fourth-order valence-corrected chi connectivity index (χ4v) is 6.92. The molecule has 230 valence electrons. The van der Waals surface area contributed by atoms with Gasteiger partial charge in [-0.05, 0) is 73.9 Å². The summed E-state index contributed by atoms with van der Waals surface area (Å²) in [5, 5.41) is 3.79. The lowest BCUT2D eigenvalue weighted by atomic mass is 10.1. The summed E-state index contributed by atoms with van der Waals surface area (Å²) >= 11 is 12.6. The van der Waals surface area contributed by atoms with Crippen LogP contribution in [0.25, 0.3) is 0 Å². The number of hydrogen-bond donors (Lipinski definition) is 1. The Morgan fingerprint density at radius 3 is 2.28 bits per heavy atom. The Morgan fingerprint density at radius 1 is 0.977 bits per heavy atom. The molecule has 1 atom stereocenters. The van der Waals surface area contributed by atoms with Crippen LogP contribution in [0.2, 0.25) is 10.0 Å². The van der Waals surface area contributed by atoms with Gasteiger partial charge in [-0.3, -0.25) is 13.9 Å². The standard InChI is InChI=1S/C31H35Cl2N3O6S/c1-21(31(38)34-24-8-4-5-9-24)35(19-22-12-13-23(32)18-27(22)33)30(37)20-36(28-10-6-7-11-29(28)42-3)43(39,40)26-16-14-25(41-2)15-17-26/h6-7,10-18,21,24H,4-5,8-9,19-20H2,1-3H3,(H,34,38)/t21-/m1/s1. The summed E-state index contributed by atoms with van der Waals surface area (Å²) in [6.45, 7) is 0.967. The minimum Gasteiger partial charge on any atom is -0.497 e. The predicted molar refractivity (Wildman–Crippen MR) is 167 cm³/mol. The molecule has 1 saturated carbocycles. The smallest absolute Gasteiger partial charge is 0.264 e. The Kier molecular flexibility index (Phi) is 10.8. The molecule has 2 amide bonds. The molecule has 0 aromatic heterocycles. The van der Waals surface area contributed by atoms with E-state index in [1.807, 2.05) is 0 Å². The second-order valence-corrected chi connectivity index (χ2v) is 13.0. The van der Waals surface area contributed by atoms with E-state index in [4.69, 9.17) is 32.7 Å². The van der Waals surface area contributed by atoms with Gasteiger partial charge in [0.25, 0.3) is 10.0 Å². The van der Waals surface area contributed by atoms with Crippen LogP contribution >= 0.6 is 23.2 Å². The number of nitrogens with zero attached hydrogens (tertiary/aromatic N) is 2. The molecule has 3 aromatic rings. The molecule has 1 N–H and O–H groups in total. The summed E-state index contributed by atoms with van der Waals surface area (Å²) in [6, 6.07) is 16.4. The number of amides is 2. The van der Waals surface area contributed by atoms with E-state index in [0.29, 0.717) is 21.4 Å². The van der Waals surface area contributed by atoms with Gasteiger partial charge in [0.2, 0.25) is 11.8 Å². The van der Waals surface area contributed by atoms with Crippen LogP contribution in [0.5, 0.6) is 11.5 Å². The van der Waals surface area contributed by atoms with Crippen LogP contribution in [0.15, 0.2) is 71.6 Å². The highest BCUT2D eigenvalue weighted by atomic mass is 35.5. The second kappa shape index (κ2) is 14.3. The van der Waals surface area contributed by atoms with Crippen molar-refractivity contribution in [2.45, 2.75) is 56.1 Å². The van der Waals surface area contributed by atoms with Crippen LogP contribution in [0.3, 0.4) is 0 Å². The van der Waals surface area contributed by atoms with Crippen molar-refractivity contribution in [2.24, 2.45) is 0 Å². The molecular formula is C31H35Cl2N3O6S. The highest BCUT2D eigenvalue weighted by Crippen LogP contribution is 2.33. The van der Waals surface area contributed by atoms with Gasteiger partial charge in [0, 0.05) is 22.6 Å². The van der Waals surface area contributed by atoms with Gasteiger partial charge in [-0.15, -0.1) is 0 Å². The predicted octanol–water partition coefficient (Wildman–Crippen LogP) is 5.68. The molecule has 9 nitrogen and oxygen atoms in total. The van der Waals surface area contributed by atoms with Crippen molar-refractivity contribution in [2.75, 3.05) is 25.1 Å². The normalized spacial score (nSPS) is 14.2. The first-order valence-corrected chi connectivity index (χ1v) is 16.1. The summed E-state index contributed by atoms with van der Waals surface area (Å²) in [4.78, 5) is 28.9. The van der Waals surface area contributed by atoms with E-state index < -0.39 is 28.5 Å². The van der Waals surface area contributed by atoms with E-state index in [-0.39, 0.29) is 34.8 Å². The zero-order valence-corrected chi connectivity index (χ0v) is 26.6. The summed E-state index contributed by atoms with van der Waals surface area (Å²) in [7, 11) is -1.38. The number of hydrogen-bond acceptors (Lipinski definition) is 6. The summed E-state index contributed by atoms with van der Waals surface area (Å²) in [5.41, 5.74) is 0.725. The van der Waals surface area contributed by atoms with Gasteiger partial charge in [0.05, 0.1) is 24.8 Å².